The molecule has 146 heavy (non-hydrogen) atoms. The summed E-state index contributed by atoms with van der Waals surface area (Å²) in [6.07, 6.45) is -2.37. The van der Waals surface area contributed by atoms with Gasteiger partial charge in [-0.3, -0.25) is 96.8 Å². The molecular formula is C93H121N23O29S. The number of imide groups is 1. The summed E-state index contributed by atoms with van der Waals surface area (Å²) < 4.78 is 29.7. The molecule has 0 bridgehead atoms. The van der Waals surface area contributed by atoms with E-state index in [2.05, 4.69) is 86.3 Å². The Kier molecular flexibility index (Phi) is 40.1. The second kappa shape index (κ2) is 52.3. The van der Waals surface area contributed by atoms with Crippen molar-refractivity contribution in [1.82, 2.24) is 87.4 Å². The number of anilines is 4. The first-order chi connectivity index (χ1) is 69.4. The predicted molar refractivity (Wildman–Crippen MR) is 520 cm³/mol. The number of nitrogens with zero attached hydrogens (tertiary/aromatic N) is 7. The molecule has 5 aliphatic heterocycles. The van der Waals surface area contributed by atoms with Crippen LogP contribution in [-0.4, -0.2) is 329 Å². The van der Waals surface area contributed by atoms with Crippen LogP contribution in [0.25, 0.3) is 11.2 Å². The number of aromatic nitrogens is 4. The summed E-state index contributed by atoms with van der Waals surface area (Å²) in [6.45, 7) is 14.9. The first-order valence-electron chi connectivity index (χ1n) is 46.9. The highest BCUT2D eigenvalue weighted by Crippen LogP contribution is 2.40. The van der Waals surface area contributed by atoms with Gasteiger partial charge in [0.1, 0.15) is 48.3 Å². The lowest BCUT2D eigenvalue weighted by atomic mass is 10.0. The number of ether oxygens (including phenoxy) is 5. The molecule has 4 saturated heterocycles. The number of carboxylic acid groups (broad SMARTS) is 5. The van der Waals surface area contributed by atoms with Gasteiger partial charge in [-0.2, -0.15) is 4.98 Å². The maximum atomic E-state index is 14.6. The summed E-state index contributed by atoms with van der Waals surface area (Å²) in [7, 11) is 2.95. The Bertz CT molecular complexity index is 5870. The topological polar surface area (TPSA) is 773 Å². The first-order valence-corrected chi connectivity index (χ1v) is 47.9. The molecule has 3 aromatic carbocycles. The van der Waals surface area contributed by atoms with Crippen molar-refractivity contribution in [2.45, 2.75) is 208 Å². The molecule has 0 saturated carbocycles. The number of benzene rings is 3. The van der Waals surface area contributed by atoms with Crippen molar-refractivity contribution < 1.29 is 136 Å². The Labute approximate surface area is 838 Å². The minimum atomic E-state index is -2.26. The Hall–Kier alpha value is -16.0. The lowest BCUT2D eigenvalue weighted by Gasteiger charge is -2.35. The third kappa shape index (κ3) is 31.0. The number of nitrogens with one attached hydrogen (secondary N) is 13. The second-order valence-electron chi connectivity index (χ2n) is 35.6. The van der Waals surface area contributed by atoms with Crippen molar-refractivity contribution in [3.05, 3.63) is 112 Å². The molecule has 5 aromatic rings. The number of amides is 13. The molecule has 5 aliphatic rings. The number of aromatic amines is 1. The van der Waals surface area contributed by atoms with E-state index in [0.717, 1.165) is 16.9 Å². The second-order valence-corrected chi connectivity index (χ2v) is 36.8. The number of unbranched alkanes of at least 4 members (excludes halogenated alkanes) is 4. The van der Waals surface area contributed by atoms with Crippen molar-refractivity contribution >= 4 is 159 Å². The summed E-state index contributed by atoms with van der Waals surface area (Å²) in [5, 5.41) is 83.2. The van der Waals surface area contributed by atoms with Crippen LogP contribution in [0.5, 0.6) is 23.0 Å². The van der Waals surface area contributed by atoms with Gasteiger partial charge in [0.2, 0.25) is 65.0 Å². The summed E-state index contributed by atoms with van der Waals surface area (Å²) in [5.74, 6) is -20.6. The molecule has 0 spiro atoms. The zero-order chi connectivity index (χ0) is 107. The molecule has 2 aromatic heterocycles. The van der Waals surface area contributed by atoms with Crippen molar-refractivity contribution in [3.8, 4) is 23.0 Å². The molecule has 2 unspecified atom stereocenters. The van der Waals surface area contributed by atoms with Crippen LogP contribution >= 0.6 is 11.8 Å². The van der Waals surface area contributed by atoms with Gasteiger partial charge in [-0.15, -0.1) is 11.8 Å². The monoisotopic (exact) mass is 2060 g/mol. The summed E-state index contributed by atoms with van der Waals surface area (Å²) in [4.78, 5) is 274. The fourth-order valence-electron chi connectivity index (χ4n) is 16.7. The standard InChI is InChI=1S/C93H121N23O29S/c1-45(2)75(83(131)102-48(5)85(133)114-25-28-145-89(114)63-30-47(4)43-116(63)86(134)53-31-64(141-6)66(33-55(53)94)143-26-12-9-13-27-144-67-34-58-54(32-65(67)142-7)87(135)115-42-46(3)29-52(115)41-100-58)110-69(117)16-10-8-11-24-113-71(119)38-68(88(113)136)146-44-62(91(139)140)109-82(130)61(37-74(124)125)108-81(129)60(36-73(122)123)107-79(127)56(15-14-23-98-92(95)96)105-80(128)59(35-72(120)121)104-70(118)22-21-57(90(137)138)106-78(126)49-17-19-50(20-18-49)99-39-51-40-101-77-76(103-51)84(132)112-93(97)111-77/h17-20,31-34,40,45,48,52,56-57,59-63,68,75,89,99-100H,3-4,8-16,21-30,35-39,41-44,94H2,1-2,5-7H3,(H,102,131)(H,104,118)(H,105,128)(H,106,126)(H,107,127)(H,108,129)(H,109,130)(H,110,117)(H,120,121)(H,122,123)(H,124,125)(H,137,138)(H,139,140)(H4,95,96,98)(H3,97,101,111,112,132)/t48-,52-,56-,57-,59-,60-,61-,62-,63-,68?,75-,89?/m0/s1. The highest BCUT2D eigenvalue weighted by molar-refractivity contribution is 8.00. The lowest BCUT2D eigenvalue weighted by Crippen LogP contribution is -2.59. The SMILES string of the molecule is C=C1C[C@H]2CNc3cc(OCCCCCOc4cc(N)c(C(=O)N5CC(=C)C[C@H]5C5OCCN5C(=O)[C@H](C)NC(=O)[C@@H](NC(=O)CCCCCN5C(=O)CC(SC[C@H](NC(=O)[C@H](CC(=O)O)NC(=O)[C@H](CC(=O)O)NC(=O)[C@H](CCCNC(=N)N)NC(=O)[C@H](CC(=O)O)NC(=O)CC[C@H](NC(=O)c6ccc(NCc7cnc8nc(N)[nH]c(=O)c8n7)cc6)C(=O)O)C(=O)O)C5=O)C(C)C)cc4OC)c(OC)cc3C(=O)N2C1. The zero-order valence-electron chi connectivity index (χ0n) is 80.7. The third-order valence-electron chi connectivity index (χ3n) is 24.2. The molecule has 4 fully saturated rings. The van der Waals surface area contributed by atoms with E-state index in [1.165, 1.54) is 73.5 Å². The number of nitrogen functional groups attached to an aromatic ring is 2. The van der Waals surface area contributed by atoms with E-state index in [9.17, 15) is 117 Å². The van der Waals surface area contributed by atoms with Crippen molar-refractivity contribution in [2.24, 2.45) is 11.7 Å². The Morgan fingerprint density at radius 3 is 1.85 bits per heavy atom. The lowest BCUT2D eigenvalue weighted by molar-refractivity contribution is -0.144. The third-order valence-corrected chi connectivity index (χ3v) is 25.5. The number of guanidine groups is 1. The van der Waals surface area contributed by atoms with Crippen LogP contribution in [0.15, 0.2) is 83.8 Å². The summed E-state index contributed by atoms with van der Waals surface area (Å²) in [5.41, 5.74) is 20.7. The van der Waals surface area contributed by atoms with Gasteiger partial charge >= 0.3 is 29.8 Å². The van der Waals surface area contributed by atoms with Gasteiger partial charge in [-0.05, 0) is 113 Å². The van der Waals surface area contributed by atoms with Crippen LogP contribution in [0.3, 0.4) is 0 Å². The number of carboxylic acids is 5. The summed E-state index contributed by atoms with van der Waals surface area (Å²) in [6, 6.07) is -3.07. The first kappa shape index (κ1) is 112. The number of carbonyl (C=O) groups excluding carboxylic acids is 13. The Morgan fingerprint density at radius 2 is 1.23 bits per heavy atom. The highest BCUT2D eigenvalue weighted by Gasteiger charge is 2.47. The van der Waals surface area contributed by atoms with Gasteiger partial charge in [0, 0.05) is 93.4 Å². The number of carbonyl (C=O) groups is 18. The minimum absolute atomic E-state index is 0.0178. The average Bonchev–Trinajstić information content (AvgIpc) is 1.62. The van der Waals surface area contributed by atoms with Gasteiger partial charge in [0.05, 0.1) is 106 Å². The van der Waals surface area contributed by atoms with Crippen molar-refractivity contribution in [3.63, 3.8) is 0 Å². The Morgan fingerprint density at radius 1 is 0.630 bits per heavy atom. The van der Waals surface area contributed by atoms with Gasteiger partial charge in [-0.25, -0.2) is 19.6 Å². The van der Waals surface area contributed by atoms with Gasteiger partial charge in [0.15, 0.2) is 46.3 Å². The number of likely N-dealkylation sites (tertiary alicyclic amines) is 2. The van der Waals surface area contributed by atoms with Crippen molar-refractivity contribution in [2.75, 3.05) is 101 Å². The molecule has 0 aliphatic carbocycles. The predicted octanol–water partition coefficient (Wildman–Crippen LogP) is -0.787. The molecule has 24 N–H and O–H groups in total. The van der Waals surface area contributed by atoms with Crippen LogP contribution in [0.2, 0.25) is 0 Å². The normalized spacial score (nSPS) is 17.5. The average molecular weight is 2060 g/mol. The molecular weight excluding hydrogens is 1940 g/mol. The number of hydrogen-bond acceptors (Lipinski definition) is 33. The van der Waals surface area contributed by atoms with Gasteiger partial charge in [-0.1, -0.05) is 44.6 Å². The van der Waals surface area contributed by atoms with Crippen LogP contribution < -0.4 is 100 Å². The van der Waals surface area contributed by atoms with E-state index in [1.807, 2.05) is 10.2 Å². The highest BCUT2D eigenvalue weighted by atomic mass is 32.2. The number of rotatable bonds is 55. The molecule has 12 atom stereocenters. The number of aliphatic carboxylic acids is 5. The van der Waals surface area contributed by atoms with E-state index in [4.69, 9.17) is 46.3 Å². The molecule has 0 radical (unpaired) electrons. The van der Waals surface area contributed by atoms with Crippen molar-refractivity contribution in [1.29, 1.82) is 5.41 Å². The number of H-pyrrole nitrogens is 1. The molecule has 53 heteroatoms. The number of methoxy groups -OCH3 is 2. The number of thioether (sulfide) groups is 1. The van der Waals surface area contributed by atoms with Crippen LogP contribution in [0.1, 0.15) is 167 Å². The van der Waals surface area contributed by atoms with Gasteiger partial charge in [0.25, 0.3) is 23.3 Å². The maximum absolute atomic E-state index is 14.6. The van der Waals surface area contributed by atoms with E-state index in [-0.39, 0.29) is 136 Å². The molecule has 788 valence electrons. The van der Waals surface area contributed by atoms with E-state index in [1.54, 1.807) is 26.0 Å². The zero-order valence-corrected chi connectivity index (χ0v) is 81.5. The minimum Gasteiger partial charge on any atom is -0.493 e. The smallest absolute Gasteiger partial charge is 0.327 e. The molecule has 7 heterocycles. The maximum Gasteiger partial charge on any atom is 0.327 e. The van der Waals surface area contributed by atoms with Gasteiger partial charge < -0.3 is 140 Å². The number of nitrogens with two attached hydrogens (primary N) is 3. The van der Waals surface area contributed by atoms with E-state index >= 15 is 0 Å². The number of hydrogen-bond donors (Lipinski definition) is 21. The van der Waals surface area contributed by atoms with Crippen LogP contribution in [0.4, 0.5) is 23.0 Å². The fraction of sp³-hybridized carbons (Fsp3) is 0.495. The quantitative estimate of drug-likeness (QED) is 0.00566. The number of fused-ring (bicyclic) bond motifs is 3. The molecule has 13 amide bonds. The van der Waals surface area contributed by atoms with E-state index in [0.29, 0.717) is 96.2 Å². The fourth-order valence-corrected chi connectivity index (χ4v) is 17.9. The molecule has 10 rings (SSSR count). The van der Waals surface area contributed by atoms with Crippen LogP contribution in [-0.2, 0) is 83.2 Å². The summed E-state index contributed by atoms with van der Waals surface area (Å²) >= 11 is 0.632. The largest absolute Gasteiger partial charge is 0.493 e. The Balaban J connectivity index is 0.646. The van der Waals surface area contributed by atoms with Crippen LogP contribution in [0, 0.1) is 11.3 Å². The molecule has 52 nitrogen and oxygen atoms in total. The van der Waals surface area contributed by atoms with E-state index < -0.39 is 235 Å².